The molecule has 1 aromatic carbocycles. The Balaban J connectivity index is 3.04. The van der Waals surface area contributed by atoms with Gasteiger partial charge in [0.2, 0.25) is 0 Å². The summed E-state index contributed by atoms with van der Waals surface area (Å²) in [6.45, 7) is 3.59. The number of hydrogen-bond donors (Lipinski definition) is 1. The summed E-state index contributed by atoms with van der Waals surface area (Å²) >= 11 is 0. The fourth-order valence-electron chi connectivity index (χ4n) is 1.49. The molecule has 0 amide bonds. The first kappa shape index (κ1) is 15.4. The maximum Gasteiger partial charge on any atom is 0.340 e. The van der Waals surface area contributed by atoms with E-state index in [1.807, 2.05) is 0 Å². The number of methoxy groups -OCH3 is 2. The van der Waals surface area contributed by atoms with Crippen molar-refractivity contribution in [3.05, 3.63) is 29.3 Å². The van der Waals surface area contributed by atoms with Crippen LogP contribution in [0.15, 0.2) is 12.1 Å². The van der Waals surface area contributed by atoms with Gasteiger partial charge in [0.15, 0.2) is 0 Å². The standard InChI is InChI=1S/C13H17F2NO3/c1-7(8(2)18-3)16-12-5-9(13(17)19-4)10(14)6-11(12)15/h5-8,16H,1-4H3. The number of ether oxygens (including phenoxy) is 2. The maximum atomic E-state index is 13.6. The monoisotopic (exact) mass is 273 g/mol. The highest BCUT2D eigenvalue weighted by molar-refractivity contribution is 5.90. The molecule has 0 spiro atoms. The second-order valence-corrected chi connectivity index (χ2v) is 4.18. The Morgan fingerprint density at radius 1 is 1.21 bits per heavy atom. The summed E-state index contributed by atoms with van der Waals surface area (Å²) in [6.07, 6.45) is -0.175. The smallest absolute Gasteiger partial charge is 0.340 e. The SMILES string of the molecule is COC(=O)c1cc(NC(C)C(C)OC)c(F)cc1F. The molecule has 106 valence electrons. The first-order valence-electron chi connectivity index (χ1n) is 5.77. The van der Waals surface area contributed by atoms with E-state index in [9.17, 15) is 13.6 Å². The molecule has 0 radical (unpaired) electrons. The fraction of sp³-hybridized carbons (Fsp3) is 0.462. The number of carbonyl (C=O) groups is 1. The van der Waals surface area contributed by atoms with Crippen molar-refractivity contribution in [2.75, 3.05) is 19.5 Å². The van der Waals surface area contributed by atoms with Gasteiger partial charge in [0, 0.05) is 19.2 Å². The van der Waals surface area contributed by atoms with Gasteiger partial charge in [0.05, 0.1) is 24.5 Å². The number of benzene rings is 1. The number of carbonyl (C=O) groups excluding carboxylic acids is 1. The molecular formula is C13H17F2NO3. The second-order valence-electron chi connectivity index (χ2n) is 4.18. The van der Waals surface area contributed by atoms with E-state index in [2.05, 4.69) is 10.1 Å². The van der Waals surface area contributed by atoms with Crippen molar-refractivity contribution in [3.8, 4) is 0 Å². The highest BCUT2D eigenvalue weighted by atomic mass is 19.1. The predicted molar refractivity (Wildman–Crippen MR) is 67.3 cm³/mol. The topological polar surface area (TPSA) is 47.6 Å². The van der Waals surface area contributed by atoms with Crippen LogP contribution < -0.4 is 5.32 Å². The molecule has 0 heterocycles. The van der Waals surface area contributed by atoms with Crippen LogP contribution in [0.3, 0.4) is 0 Å². The zero-order chi connectivity index (χ0) is 14.6. The summed E-state index contributed by atoms with van der Waals surface area (Å²) < 4.78 is 36.6. The van der Waals surface area contributed by atoms with Gasteiger partial charge in [0.25, 0.3) is 0 Å². The van der Waals surface area contributed by atoms with Gasteiger partial charge in [-0.05, 0) is 19.9 Å². The molecule has 2 atom stereocenters. The van der Waals surface area contributed by atoms with Crippen LogP contribution in [0.4, 0.5) is 14.5 Å². The number of hydrogen-bond acceptors (Lipinski definition) is 4. The lowest BCUT2D eigenvalue weighted by atomic mass is 10.1. The molecule has 0 aliphatic rings. The molecule has 0 saturated carbocycles. The van der Waals surface area contributed by atoms with Crippen LogP contribution in [0.2, 0.25) is 0 Å². The van der Waals surface area contributed by atoms with E-state index in [0.717, 1.165) is 13.2 Å². The van der Waals surface area contributed by atoms with E-state index in [1.165, 1.54) is 7.11 Å². The Kier molecular flexibility index (Phi) is 5.23. The minimum absolute atomic E-state index is 0.0261. The molecule has 0 fully saturated rings. The van der Waals surface area contributed by atoms with Crippen LogP contribution in [0, 0.1) is 11.6 Å². The minimum Gasteiger partial charge on any atom is -0.465 e. The summed E-state index contributed by atoms with van der Waals surface area (Å²) in [4.78, 5) is 11.3. The van der Waals surface area contributed by atoms with E-state index in [4.69, 9.17) is 4.74 Å². The van der Waals surface area contributed by atoms with Crippen LogP contribution in [0.25, 0.3) is 0 Å². The van der Waals surface area contributed by atoms with Gasteiger partial charge >= 0.3 is 5.97 Å². The van der Waals surface area contributed by atoms with Crippen LogP contribution in [-0.2, 0) is 9.47 Å². The van der Waals surface area contributed by atoms with Gasteiger partial charge in [-0.15, -0.1) is 0 Å². The van der Waals surface area contributed by atoms with Crippen LogP contribution in [0.5, 0.6) is 0 Å². The third-order valence-corrected chi connectivity index (χ3v) is 2.92. The molecule has 4 nitrogen and oxygen atoms in total. The minimum atomic E-state index is -0.956. The van der Waals surface area contributed by atoms with Crippen molar-refractivity contribution in [2.45, 2.75) is 26.0 Å². The Labute approximate surface area is 110 Å². The number of rotatable bonds is 5. The van der Waals surface area contributed by atoms with E-state index in [-0.39, 0.29) is 23.4 Å². The van der Waals surface area contributed by atoms with E-state index < -0.39 is 17.6 Å². The zero-order valence-corrected chi connectivity index (χ0v) is 11.3. The van der Waals surface area contributed by atoms with Gasteiger partial charge in [-0.3, -0.25) is 0 Å². The highest BCUT2D eigenvalue weighted by Gasteiger charge is 2.19. The van der Waals surface area contributed by atoms with Gasteiger partial charge in [0.1, 0.15) is 11.6 Å². The molecular weight excluding hydrogens is 256 g/mol. The summed E-state index contributed by atoms with van der Waals surface area (Å²) in [5, 5.41) is 2.83. The van der Waals surface area contributed by atoms with Gasteiger partial charge in [-0.1, -0.05) is 0 Å². The third-order valence-electron chi connectivity index (χ3n) is 2.92. The van der Waals surface area contributed by atoms with E-state index in [0.29, 0.717) is 6.07 Å². The van der Waals surface area contributed by atoms with Crippen molar-refractivity contribution in [1.29, 1.82) is 0 Å². The lowest BCUT2D eigenvalue weighted by Gasteiger charge is -2.21. The molecule has 0 aliphatic carbocycles. The molecule has 1 N–H and O–H groups in total. The molecule has 19 heavy (non-hydrogen) atoms. The van der Waals surface area contributed by atoms with Crippen LogP contribution in [0.1, 0.15) is 24.2 Å². The Morgan fingerprint density at radius 3 is 2.37 bits per heavy atom. The molecule has 0 aliphatic heterocycles. The van der Waals surface area contributed by atoms with Gasteiger partial charge in [-0.2, -0.15) is 0 Å². The van der Waals surface area contributed by atoms with Gasteiger partial charge < -0.3 is 14.8 Å². The third kappa shape index (κ3) is 3.64. The molecule has 6 heteroatoms. The molecule has 0 aromatic heterocycles. The van der Waals surface area contributed by atoms with Crippen molar-refractivity contribution in [2.24, 2.45) is 0 Å². The lowest BCUT2D eigenvalue weighted by Crippen LogP contribution is -2.30. The summed E-state index contributed by atoms with van der Waals surface area (Å²) in [5.41, 5.74) is -0.290. The van der Waals surface area contributed by atoms with Crippen molar-refractivity contribution in [1.82, 2.24) is 0 Å². The lowest BCUT2D eigenvalue weighted by molar-refractivity contribution is 0.0595. The second kappa shape index (κ2) is 6.47. The Hall–Kier alpha value is -1.69. The molecule has 1 aromatic rings. The average molecular weight is 273 g/mol. The number of anilines is 1. The highest BCUT2D eigenvalue weighted by Crippen LogP contribution is 2.21. The quantitative estimate of drug-likeness (QED) is 0.838. The number of halogens is 2. The predicted octanol–water partition coefficient (Wildman–Crippen LogP) is 2.59. The zero-order valence-electron chi connectivity index (χ0n) is 11.3. The van der Waals surface area contributed by atoms with Crippen LogP contribution >= 0.6 is 0 Å². The normalized spacial score (nSPS) is 13.8. The Bertz CT molecular complexity index is 465. The number of esters is 1. The summed E-state index contributed by atoms with van der Waals surface area (Å²) in [7, 11) is 2.66. The first-order valence-corrected chi connectivity index (χ1v) is 5.77. The molecule has 0 saturated heterocycles. The van der Waals surface area contributed by atoms with Crippen molar-refractivity contribution in [3.63, 3.8) is 0 Å². The largest absolute Gasteiger partial charge is 0.465 e. The van der Waals surface area contributed by atoms with E-state index in [1.54, 1.807) is 13.8 Å². The molecule has 2 unspecified atom stereocenters. The molecule has 0 bridgehead atoms. The summed E-state index contributed by atoms with van der Waals surface area (Å²) in [6, 6.07) is 1.53. The Morgan fingerprint density at radius 2 is 1.84 bits per heavy atom. The van der Waals surface area contributed by atoms with Crippen LogP contribution in [-0.4, -0.2) is 32.3 Å². The van der Waals surface area contributed by atoms with E-state index >= 15 is 0 Å². The summed E-state index contributed by atoms with van der Waals surface area (Å²) in [5.74, 6) is -2.59. The fourth-order valence-corrected chi connectivity index (χ4v) is 1.49. The number of nitrogens with one attached hydrogen (secondary N) is 1. The van der Waals surface area contributed by atoms with Crippen molar-refractivity contribution < 1.29 is 23.0 Å². The maximum absolute atomic E-state index is 13.6. The van der Waals surface area contributed by atoms with Gasteiger partial charge in [-0.25, -0.2) is 13.6 Å². The molecule has 1 rings (SSSR count). The first-order chi connectivity index (χ1) is 8.90. The average Bonchev–Trinajstić information content (AvgIpc) is 2.39. The van der Waals surface area contributed by atoms with Crippen molar-refractivity contribution >= 4 is 11.7 Å².